The number of carbonyl (C=O) groups excluding carboxylic acids is 2. The molecule has 2 N–H and O–H groups in total. The van der Waals surface area contributed by atoms with E-state index in [1.54, 1.807) is 18.2 Å². The summed E-state index contributed by atoms with van der Waals surface area (Å²) in [6, 6.07) is 8.59. The number of hydrogen-bond acceptors (Lipinski definition) is 2. The largest absolute Gasteiger partial charge is 0.346 e. The average Bonchev–Trinajstić information content (AvgIpc) is 2.79. The van der Waals surface area contributed by atoms with Crippen LogP contribution in [0.3, 0.4) is 0 Å². The number of nitrogens with one attached hydrogen (secondary N) is 2. The highest BCUT2D eigenvalue weighted by atomic mass is 35.5. The maximum atomic E-state index is 12.3. The molecular weight excluding hydrogens is 314 g/mol. The van der Waals surface area contributed by atoms with E-state index in [4.69, 9.17) is 11.6 Å². The van der Waals surface area contributed by atoms with E-state index in [0.29, 0.717) is 16.1 Å². The van der Waals surface area contributed by atoms with Crippen LogP contribution < -0.4 is 10.9 Å². The fourth-order valence-electron chi connectivity index (χ4n) is 2.68. The predicted octanol–water partition coefficient (Wildman–Crippen LogP) is 3.41. The molecule has 1 aromatic carbocycles. The molecule has 2 aromatic rings. The lowest BCUT2D eigenvalue weighted by atomic mass is 10.2. The molecular formula is C17H20ClN3O2. The zero-order valence-electron chi connectivity index (χ0n) is 13.6. The van der Waals surface area contributed by atoms with Gasteiger partial charge in [0.15, 0.2) is 0 Å². The Balaban J connectivity index is 2.08. The van der Waals surface area contributed by atoms with Gasteiger partial charge in [-0.05, 0) is 52.0 Å². The maximum Gasteiger partial charge on any atom is 0.271 e. The summed E-state index contributed by atoms with van der Waals surface area (Å²) in [5.74, 6) is -0.765. The quantitative estimate of drug-likeness (QED) is 0.845. The topological polar surface area (TPSA) is 63.1 Å². The molecule has 0 spiro atoms. The first-order chi connectivity index (χ1) is 10.8. The van der Waals surface area contributed by atoms with Crippen LogP contribution in [-0.2, 0) is 0 Å². The normalized spacial score (nSPS) is 10.7. The van der Waals surface area contributed by atoms with Crippen molar-refractivity contribution in [3.63, 3.8) is 0 Å². The number of aromatic nitrogens is 1. The minimum Gasteiger partial charge on any atom is -0.346 e. The van der Waals surface area contributed by atoms with Crippen LogP contribution in [0.15, 0.2) is 30.3 Å². The Morgan fingerprint density at radius 2 is 1.74 bits per heavy atom. The van der Waals surface area contributed by atoms with Crippen LogP contribution >= 0.6 is 11.6 Å². The van der Waals surface area contributed by atoms with Gasteiger partial charge in [0, 0.05) is 28.0 Å². The lowest BCUT2D eigenvalue weighted by Gasteiger charge is -2.13. The van der Waals surface area contributed by atoms with Crippen LogP contribution in [-0.4, -0.2) is 16.4 Å². The van der Waals surface area contributed by atoms with Gasteiger partial charge in [-0.25, -0.2) is 0 Å². The SMILES string of the molecule is Cc1cc(C(=O)NNC(=O)c2cccc(Cl)c2)c(C)n1C(C)C. The van der Waals surface area contributed by atoms with Gasteiger partial charge in [0.2, 0.25) is 0 Å². The first kappa shape index (κ1) is 17.1. The van der Waals surface area contributed by atoms with Crippen LogP contribution in [0, 0.1) is 13.8 Å². The Morgan fingerprint density at radius 3 is 2.30 bits per heavy atom. The monoisotopic (exact) mass is 333 g/mol. The summed E-state index contributed by atoms with van der Waals surface area (Å²) in [6.45, 7) is 7.96. The Labute approximate surface area is 140 Å². The average molecular weight is 334 g/mol. The van der Waals surface area contributed by atoms with E-state index in [1.165, 1.54) is 6.07 Å². The van der Waals surface area contributed by atoms with E-state index < -0.39 is 5.91 Å². The summed E-state index contributed by atoms with van der Waals surface area (Å²) < 4.78 is 2.08. The van der Waals surface area contributed by atoms with Crippen molar-refractivity contribution in [1.82, 2.24) is 15.4 Å². The Morgan fingerprint density at radius 1 is 1.09 bits per heavy atom. The van der Waals surface area contributed by atoms with Gasteiger partial charge in [0.25, 0.3) is 11.8 Å². The van der Waals surface area contributed by atoms with Gasteiger partial charge in [-0.1, -0.05) is 17.7 Å². The molecule has 0 radical (unpaired) electrons. The Kier molecular flexibility index (Phi) is 5.11. The number of halogens is 1. The van der Waals surface area contributed by atoms with Gasteiger partial charge in [-0.2, -0.15) is 0 Å². The third-order valence-corrected chi connectivity index (χ3v) is 3.86. The Bertz CT molecular complexity index is 750. The lowest BCUT2D eigenvalue weighted by Crippen LogP contribution is -2.41. The van der Waals surface area contributed by atoms with Gasteiger partial charge in [0.1, 0.15) is 0 Å². The van der Waals surface area contributed by atoms with Crippen molar-refractivity contribution in [2.45, 2.75) is 33.7 Å². The van der Waals surface area contributed by atoms with E-state index >= 15 is 0 Å². The van der Waals surface area contributed by atoms with E-state index in [1.807, 2.05) is 19.9 Å². The minimum absolute atomic E-state index is 0.262. The van der Waals surface area contributed by atoms with Crippen LogP contribution in [0.25, 0.3) is 0 Å². The molecule has 0 atom stereocenters. The maximum absolute atomic E-state index is 12.3. The second kappa shape index (κ2) is 6.87. The second-order valence-corrected chi connectivity index (χ2v) is 6.10. The van der Waals surface area contributed by atoms with Gasteiger partial charge < -0.3 is 4.57 Å². The molecule has 0 aliphatic carbocycles. The molecule has 6 heteroatoms. The van der Waals surface area contributed by atoms with Gasteiger partial charge in [-0.15, -0.1) is 0 Å². The summed E-state index contributed by atoms with van der Waals surface area (Å²) in [6.07, 6.45) is 0. The van der Waals surface area contributed by atoms with Crippen LogP contribution in [0.4, 0.5) is 0 Å². The molecule has 0 aliphatic heterocycles. The number of benzene rings is 1. The fourth-order valence-corrected chi connectivity index (χ4v) is 2.87. The first-order valence-electron chi connectivity index (χ1n) is 7.36. The van der Waals surface area contributed by atoms with Crippen LogP contribution in [0.5, 0.6) is 0 Å². The summed E-state index contributed by atoms with van der Waals surface area (Å²) >= 11 is 5.85. The van der Waals surface area contributed by atoms with Crippen LogP contribution in [0.1, 0.15) is 52.0 Å². The molecule has 1 aromatic heterocycles. The minimum atomic E-state index is -0.418. The van der Waals surface area contributed by atoms with E-state index in [9.17, 15) is 9.59 Å². The number of amides is 2. The van der Waals surface area contributed by atoms with Crippen molar-refractivity contribution in [2.75, 3.05) is 0 Å². The van der Waals surface area contributed by atoms with Gasteiger partial charge in [-0.3, -0.25) is 20.4 Å². The number of hydrogen-bond donors (Lipinski definition) is 2. The molecule has 5 nitrogen and oxygen atoms in total. The lowest BCUT2D eigenvalue weighted by molar-refractivity contribution is 0.0846. The summed E-state index contributed by atoms with van der Waals surface area (Å²) in [4.78, 5) is 24.3. The van der Waals surface area contributed by atoms with Crippen molar-refractivity contribution in [3.05, 3.63) is 57.9 Å². The molecule has 0 saturated carbocycles. The second-order valence-electron chi connectivity index (χ2n) is 5.67. The standard InChI is InChI=1S/C17H20ClN3O2/c1-10(2)21-11(3)8-15(12(21)4)17(23)20-19-16(22)13-6-5-7-14(18)9-13/h5-10H,1-4H3,(H,19,22)(H,20,23). The molecule has 0 aliphatic rings. The first-order valence-corrected chi connectivity index (χ1v) is 7.73. The van der Waals surface area contributed by atoms with Gasteiger partial charge in [0.05, 0.1) is 5.56 Å². The molecule has 2 amide bonds. The summed E-state index contributed by atoms with van der Waals surface area (Å²) in [7, 11) is 0. The smallest absolute Gasteiger partial charge is 0.271 e. The zero-order valence-corrected chi connectivity index (χ0v) is 14.4. The van der Waals surface area contributed by atoms with E-state index in [-0.39, 0.29) is 11.9 Å². The Hall–Kier alpha value is -2.27. The molecule has 23 heavy (non-hydrogen) atoms. The number of hydrazine groups is 1. The van der Waals surface area contributed by atoms with Gasteiger partial charge >= 0.3 is 0 Å². The van der Waals surface area contributed by atoms with Crippen LogP contribution in [0.2, 0.25) is 5.02 Å². The summed E-state index contributed by atoms with van der Waals surface area (Å²) in [5.41, 5.74) is 7.64. The van der Waals surface area contributed by atoms with E-state index in [0.717, 1.165) is 11.4 Å². The molecule has 0 bridgehead atoms. The highest BCUT2D eigenvalue weighted by molar-refractivity contribution is 6.30. The van der Waals surface area contributed by atoms with Crippen molar-refractivity contribution in [1.29, 1.82) is 0 Å². The zero-order chi connectivity index (χ0) is 17.1. The van der Waals surface area contributed by atoms with Crippen molar-refractivity contribution < 1.29 is 9.59 Å². The third kappa shape index (κ3) is 3.74. The molecule has 1 heterocycles. The fraction of sp³-hybridized carbons (Fsp3) is 0.294. The number of carbonyl (C=O) groups is 2. The summed E-state index contributed by atoms with van der Waals surface area (Å²) in [5, 5.41) is 0.462. The highest BCUT2D eigenvalue weighted by Crippen LogP contribution is 2.19. The van der Waals surface area contributed by atoms with Crippen molar-refractivity contribution >= 4 is 23.4 Å². The predicted molar refractivity (Wildman–Crippen MR) is 90.7 cm³/mol. The molecule has 0 fully saturated rings. The van der Waals surface area contributed by atoms with Crippen molar-refractivity contribution in [2.24, 2.45) is 0 Å². The highest BCUT2D eigenvalue weighted by Gasteiger charge is 2.17. The third-order valence-electron chi connectivity index (χ3n) is 3.62. The number of rotatable bonds is 3. The molecule has 0 saturated heterocycles. The number of nitrogens with zero attached hydrogens (tertiary/aromatic N) is 1. The van der Waals surface area contributed by atoms with Crippen molar-refractivity contribution in [3.8, 4) is 0 Å². The molecule has 2 rings (SSSR count). The molecule has 122 valence electrons. The molecule has 0 unspecified atom stereocenters. The number of aryl methyl sites for hydroxylation is 1. The van der Waals surface area contributed by atoms with E-state index in [2.05, 4.69) is 29.3 Å².